The zero-order chi connectivity index (χ0) is 15.2. The van der Waals surface area contributed by atoms with Gasteiger partial charge in [-0.3, -0.25) is 4.79 Å². The maximum atomic E-state index is 11.3. The zero-order valence-corrected chi connectivity index (χ0v) is 13.1. The second kappa shape index (κ2) is 7.21. The first-order valence-corrected chi connectivity index (χ1v) is 7.91. The summed E-state index contributed by atoms with van der Waals surface area (Å²) in [7, 11) is 0. The predicted molar refractivity (Wildman–Crippen MR) is 85.6 cm³/mol. The number of rotatable bonds is 7. The number of nitrogens with one attached hydrogen (secondary N) is 1. The van der Waals surface area contributed by atoms with E-state index in [1.807, 2.05) is 0 Å². The first kappa shape index (κ1) is 15.5. The van der Waals surface area contributed by atoms with Crippen LogP contribution >= 0.6 is 11.3 Å². The monoisotopic (exact) mass is 308 g/mol. The molecule has 0 atom stereocenters. The highest BCUT2D eigenvalue weighted by Gasteiger charge is 2.10. The molecule has 0 aromatic carbocycles. The van der Waals surface area contributed by atoms with E-state index in [9.17, 15) is 4.79 Å². The van der Waals surface area contributed by atoms with Crippen LogP contribution < -0.4 is 11.1 Å². The Morgan fingerprint density at radius 2 is 2.24 bits per heavy atom. The summed E-state index contributed by atoms with van der Waals surface area (Å²) in [5.41, 5.74) is 5.74. The Kier molecular flexibility index (Phi) is 5.32. The summed E-state index contributed by atoms with van der Waals surface area (Å²) in [6.07, 6.45) is 2.05. The summed E-state index contributed by atoms with van der Waals surface area (Å²) in [4.78, 5) is 21.9. The molecule has 2 aromatic rings. The minimum Gasteiger partial charge on any atom is -0.466 e. The van der Waals surface area contributed by atoms with Crippen molar-refractivity contribution in [3.63, 3.8) is 0 Å². The van der Waals surface area contributed by atoms with Crippen molar-refractivity contribution < 1.29 is 9.53 Å². The second-order valence-electron chi connectivity index (χ2n) is 4.55. The number of fused-ring (bicyclic) bond motifs is 1. The van der Waals surface area contributed by atoms with Gasteiger partial charge in [-0.25, -0.2) is 4.98 Å². The van der Waals surface area contributed by atoms with Crippen molar-refractivity contribution in [2.75, 3.05) is 24.2 Å². The molecule has 0 fully saturated rings. The van der Waals surface area contributed by atoms with Crippen LogP contribution in [0, 0.1) is 0 Å². The van der Waals surface area contributed by atoms with Gasteiger partial charge in [-0.2, -0.15) is 4.98 Å². The molecule has 0 unspecified atom stereocenters. The van der Waals surface area contributed by atoms with E-state index in [1.165, 1.54) is 4.88 Å². The Bertz CT molecular complexity index is 627. The number of nitrogens with zero attached hydrogens (tertiary/aromatic N) is 2. The lowest BCUT2D eigenvalue weighted by molar-refractivity contribution is -0.143. The van der Waals surface area contributed by atoms with E-state index >= 15 is 0 Å². The molecule has 0 aliphatic rings. The molecule has 2 heterocycles. The van der Waals surface area contributed by atoms with Crippen LogP contribution in [0.25, 0.3) is 10.2 Å². The van der Waals surface area contributed by atoms with Crippen LogP contribution in [0.5, 0.6) is 0 Å². The van der Waals surface area contributed by atoms with Crippen LogP contribution in [0.4, 0.5) is 11.8 Å². The van der Waals surface area contributed by atoms with Crippen LogP contribution in [0.3, 0.4) is 0 Å². The summed E-state index contributed by atoms with van der Waals surface area (Å²) < 4.78 is 4.89. The molecule has 0 spiro atoms. The number of carbonyl (C=O) groups excluding carboxylic acids is 1. The highest BCUT2D eigenvalue weighted by Crippen LogP contribution is 2.29. The third-order valence-electron chi connectivity index (χ3n) is 2.96. The maximum Gasteiger partial charge on any atom is 0.305 e. The summed E-state index contributed by atoms with van der Waals surface area (Å²) in [6.45, 7) is 4.97. The van der Waals surface area contributed by atoms with Gasteiger partial charge in [0.2, 0.25) is 5.95 Å². The van der Waals surface area contributed by atoms with Crippen LogP contribution in [0.2, 0.25) is 0 Å². The molecular formula is C14H20N4O2S. The molecule has 0 saturated carbocycles. The molecule has 0 amide bonds. The third-order valence-corrected chi connectivity index (χ3v) is 4.14. The number of anilines is 2. The molecule has 2 aromatic heterocycles. The van der Waals surface area contributed by atoms with E-state index < -0.39 is 0 Å². The van der Waals surface area contributed by atoms with E-state index in [0.29, 0.717) is 26.0 Å². The first-order chi connectivity index (χ1) is 10.1. The molecule has 3 N–H and O–H groups in total. The Hall–Kier alpha value is -1.89. The SMILES string of the molecule is CCOC(=O)CCCNc1nc(N)nc2sc(CC)cc12. The Balaban J connectivity index is 2.01. The zero-order valence-electron chi connectivity index (χ0n) is 12.3. The van der Waals surface area contributed by atoms with Crippen molar-refractivity contribution in [1.29, 1.82) is 0 Å². The molecule has 6 nitrogen and oxygen atoms in total. The molecule has 0 saturated heterocycles. The average molecular weight is 308 g/mol. The number of aromatic nitrogens is 2. The van der Waals surface area contributed by atoms with Gasteiger partial charge in [0.15, 0.2) is 0 Å². The van der Waals surface area contributed by atoms with E-state index in [1.54, 1.807) is 18.3 Å². The van der Waals surface area contributed by atoms with Gasteiger partial charge in [0, 0.05) is 17.8 Å². The smallest absolute Gasteiger partial charge is 0.305 e. The number of hydrogen-bond acceptors (Lipinski definition) is 7. The quantitative estimate of drug-likeness (QED) is 0.603. The highest BCUT2D eigenvalue weighted by molar-refractivity contribution is 7.18. The van der Waals surface area contributed by atoms with Gasteiger partial charge in [0.25, 0.3) is 0 Å². The van der Waals surface area contributed by atoms with Crippen LogP contribution in [-0.4, -0.2) is 29.1 Å². The van der Waals surface area contributed by atoms with Gasteiger partial charge in [-0.05, 0) is 25.8 Å². The summed E-state index contributed by atoms with van der Waals surface area (Å²) in [5.74, 6) is 0.827. The van der Waals surface area contributed by atoms with Crippen molar-refractivity contribution in [3.8, 4) is 0 Å². The van der Waals surface area contributed by atoms with Crippen molar-refractivity contribution in [3.05, 3.63) is 10.9 Å². The third kappa shape index (κ3) is 4.04. The molecule has 0 bridgehead atoms. The number of carbonyl (C=O) groups is 1. The minimum absolute atomic E-state index is 0.171. The topological polar surface area (TPSA) is 90.1 Å². The van der Waals surface area contributed by atoms with Crippen LogP contribution in [0.15, 0.2) is 6.07 Å². The Morgan fingerprint density at radius 3 is 2.95 bits per heavy atom. The van der Waals surface area contributed by atoms with Crippen molar-refractivity contribution in [2.45, 2.75) is 33.1 Å². The van der Waals surface area contributed by atoms with Gasteiger partial charge >= 0.3 is 5.97 Å². The van der Waals surface area contributed by atoms with Crippen molar-refractivity contribution in [2.24, 2.45) is 0 Å². The van der Waals surface area contributed by atoms with Gasteiger partial charge < -0.3 is 15.8 Å². The normalized spacial score (nSPS) is 10.8. The molecular weight excluding hydrogens is 288 g/mol. The average Bonchev–Trinajstić information content (AvgIpc) is 2.86. The molecule has 0 radical (unpaired) electrons. The summed E-state index contributed by atoms with van der Waals surface area (Å²) >= 11 is 1.63. The molecule has 0 aliphatic carbocycles. The number of nitrogens with two attached hydrogens (primary N) is 1. The standard InChI is InChI=1S/C14H20N4O2S/c1-3-9-8-10-12(17-14(15)18-13(10)21-9)16-7-5-6-11(19)20-4-2/h8H,3-7H2,1-2H3,(H3,15,16,17,18). The van der Waals surface area contributed by atoms with Gasteiger partial charge in [0.1, 0.15) is 10.6 Å². The highest BCUT2D eigenvalue weighted by atomic mass is 32.1. The lowest BCUT2D eigenvalue weighted by Gasteiger charge is -2.07. The van der Waals surface area contributed by atoms with E-state index in [-0.39, 0.29) is 11.9 Å². The van der Waals surface area contributed by atoms with Crippen molar-refractivity contribution in [1.82, 2.24) is 9.97 Å². The Labute approximate surface area is 127 Å². The minimum atomic E-state index is -0.171. The number of ether oxygens (including phenoxy) is 1. The van der Waals surface area contributed by atoms with E-state index in [4.69, 9.17) is 10.5 Å². The van der Waals surface area contributed by atoms with Gasteiger partial charge in [-0.15, -0.1) is 11.3 Å². The number of nitrogen functional groups attached to an aromatic ring is 1. The largest absolute Gasteiger partial charge is 0.466 e. The summed E-state index contributed by atoms with van der Waals surface area (Å²) in [6, 6.07) is 2.09. The van der Waals surface area contributed by atoms with E-state index in [0.717, 1.165) is 22.5 Å². The van der Waals surface area contributed by atoms with Gasteiger partial charge in [0.05, 0.1) is 12.0 Å². The fourth-order valence-electron chi connectivity index (χ4n) is 1.97. The number of aryl methyl sites for hydroxylation is 1. The first-order valence-electron chi connectivity index (χ1n) is 7.09. The molecule has 2 rings (SSSR count). The molecule has 114 valence electrons. The van der Waals surface area contributed by atoms with Crippen LogP contribution in [0.1, 0.15) is 31.6 Å². The fraction of sp³-hybridized carbons (Fsp3) is 0.500. The molecule has 7 heteroatoms. The van der Waals surface area contributed by atoms with Gasteiger partial charge in [-0.1, -0.05) is 6.92 Å². The predicted octanol–water partition coefficient (Wildman–Crippen LogP) is 2.59. The fourth-order valence-corrected chi connectivity index (χ4v) is 2.94. The number of thiophene rings is 1. The van der Waals surface area contributed by atoms with E-state index in [2.05, 4.69) is 28.3 Å². The second-order valence-corrected chi connectivity index (χ2v) is 5.67. The van der Waals surface area contributed by atoms with Crippen LogP contribution in [-0.2, 0) is 16.0 Å². The molecule has 0 aliphatic heterocycles. The Morgan fingerprint density at radius 1 is 1.43 bits per heavy atom. The van der Waals surface area contributed by atoms with Crippen molar-refractivity contribution >= 4 is 39.3 Å². The molecule has 21 heavy (non-hydrogen) atoms. The summed E-state index contributed by atoms with van der Waals surface area (Å²) in [5, 5.41) is 4.22. The maximum absolute atomic E-state index is 11.3. The lowest BCUT2D eigenvalue weighted by Crippen LogP contribution is -2.09. The number of esters is 1. The lowest BCUT2D eigenvalue weighted by atomic mass is 10.3. The number of hydrogen-bond donors (Lipinski definition) is 2.